The maximum Gasteiger partial charge on any atom is 0.467 e. The molecule has 0 radical (unpaired) electrons. The number of hydrogen-bond acceptors (Lipinski definition) is 2. The van der Waals surface area contributed by atoms with E-state index < -0.39 is 59.4 Å². The summed E-state index contributed by atoms with van der Waals surface area (Å²) >= 11 is 0. The molecule has 1 atom stereocenters. The third-order valence-electron chi connectivity index (χ3n) is 3.77. The molecule has 0 saturated carbocycles. The number of carbonyl (C=O) groups is 1. The van der Waals surface area contributed by atoms with Crippen molar-refractivity contribution in [1.29, 1.82) is 0 Å². The molecule has 0 spiro atoms. The van der Waals surface area contributed by atoms with Crippen LogP contribution in [-0.4, -0.2) is 53.8 Å². The molecular formula is C14H9F17O2. The van der Waals surface area contributed by atoms with Gasteiger partial charge in [0.25, 0.3) is 0 Å². The minimum atomic E-state index is -8.72. The Balaban J connectivity index is 6.98. The molecule has 0 amide bonds. The SMILES string of the molecule is CCC=C(C)C(=O)OC(F)(C(F)(F)F)C(F)(F)C(F)(F)C(F)(F)C(F)(F)C(F)(F)C(F)(F)F. The van der Waals surface area contributed by atoms with Crippen molar-refractivity contribution in [2.45, 2.75) is 68.1 Å². The number of rotatable bonds is 8. The Morgan fingerprint density at radius 2 is 0.939 bits per heavy atom. The summed E-state index contributed by atoms with van der Waals surface area (Å²) in [6.45, 7) is 1.53. The Kier molecular flexibility index (Phi) is 7.85. The smallest absolute Gasteiger partial charge is 0.411 e. The predicted octanol–water partition coefficient (Wildman–Crippen LogP) is 6.85. The molecular weight excluding hydrogens is 523 g/mol. The molecule has 0 aromatic rings. The normalized spacial score (nSPS) is 17.6. The van der Waals surface area contributed by atoms with E-state index in [9.17, 15) is 79.4 Å². The molecule has 0 saturated heterocycles. The molecule has 2 nitrogen and oxygen atoms in total. The fourth-order valence-electron chi connectivity index (χ4n) is 1.87. The first-order valence-electron chi connectivity index (χ1n) is 7.73. The van der Waals surface area contributed by atoms with Gasteiger partial charge in [0.15, 0.2) is 0 Å². The second-order valence-corrected chi connectivity index (χ2v) is 6.15. The number of allylic oxidation sites excluding steroid dienone is 1. The molecule has 0 aliphatic rings. The summed E-state index contributed by atoms with van der Waals surface area (Å²) in [6, 6.07) is 0. The van der Waals surface area contributed by atoms with Crippen molar-refractivity contribution in [2.24, 2.45) is 0 Å². The van der Waals surface area contributed by atoms with Gasteiger partial charge in [-0.1, -0.05) is 13.0 Å². The fraction of sp³-hybridized carbons (Fsp3) is 0.786. The molecule has 0 aromatic heterocycles. The molecule has 1 unspecified atom stereocenters. The molecule has 33 heavy (non-hydrogen) atoms. The molecule has 0 rings (SSSR count). The van der Waals surface area contributed by atoms with Crippen LogP contribution in [0, 0.1) is 0 Å². The lowest BCUT2D eigenvalue weighted by Crippen LogP contribution is -2.75. The number of carbonyl (C=O) groups excluding carboxylic acids is 1. The lowest BCUT2D eigenvalue weighted by molar-refractivity contribution is -0.477. The summed E-state index contributed by atoms with van der Waals surface area (Å²) in [5.74, 6) is -53.1. The van der Waals surface area contributed by atoms with E-state index in [2.05, 4.69) is 4.74 Å². The van der Waals surface area contributed by atoms with Crippen LogP contribution in [0.2, 0.25) is 0 Å². The first-order chi connectivity index (χ1) is 14.1. The van der Waals surface area contributed by atoms with E-state index in [0.29, 0.717) is 13.0 Å². The van der Waals surface area contributed by atoms with Crippen LogP contribution in [0.4, 0.5) is 74.6 Å². The van der Waals surface area contributed by atoms with E-state index in [1.54, 1.807) is 0 Å². The van der Waals surface area contributed by atoms with Gasteiger partial charge in [0.1, 0.15) is 0 Å². The highest BCUT2D eigenvalue weighted by Gasteiger charge is 2.96. The minimum Gasteiger partial charge on any atom is -0.411 e. The van der Waals surface area contributed by atoms with Crippen molar-refractivity contribution >= 4 is 5.97 Å². The molecule has 0 aromatic carbocycles. The van der Waals surface area contributed by atoms with Gasteiger partial charge in [-0.3, -0.25) is 0 Å². The van der Waals surface area contributed by atoms with Crippen molar-refractivity contribution in [2.75, 3.05) is 0 Å². The summed E-state index contributed by atoms with van der Waals surface area (Å²) in [5.41, 5.74) is -1.23. The molecule has 0 bridgehead atoms. The van der Waals surface area contributed by atoms with E-state index in [1.807, 2.05) is 0 Å². The first kappa shape index (κ1) is 31.0. The highest BCUT2D eigenvalue weighted by molar-refractivity contribution is 5.88. The van der Waals surface area contributed by atoms with Gasteiger partial charge in [-0.05, 0) is 13.3 Å². The van der Waals surface area contributed by atoms with Crippen LogP contribution < -0.4 is 0 Å². The average molecular weight is 532 g/mol. The van der Waals surface area contributed by atoms with E-state index in [4.69, 9.17) is 0 Å². The van der Waals surface area contributed by atoms with Gasteiger partial charge in [0.2, 0.25) is 0 Å². The standard InChI is InChI=1S/C14H9F17O2/c1-3-4-5(2)6(32)33-12(25,14(29,30)31)10(21,22)8(17,18)7(15,16)9(19,20)11(23,24)13(26,27)28/h4H,3H2,1-2H3. The van der Waals surface area contributed by atoms with Crippen LogP contribution in [0.15, 0.2) is 11.6 Å². The van der Waals surface area contributed by atoms with Gasteiger partial charge in [0.05, 0.1) is 0 Å². The number of hydrogen-bond donors (Lipinski definition) is 0. The monoisotopic (exact) mass is 532 g/mol. The summed E-state index contributed by atoms with van der Waals surface area (Å²) in [4.78, 5) is 11.3. The zero-order chi connectivity index (χ0) is 27.3. The van der Waals surface area contributed by atoms with Crippen molar-refractivity contribution < 1.29 is 84.2 Å². The fourth-order valence-corrected chi connectivity index (χ4v) is 1.87. The van der Waals surface area contributed by atoms with Crippen molar-refractivity contribution in [3.8, 4) is 0 Å². The van der Waals surface area contributed by atoms with Crippen molar-refractivity contribution in [1.82, 2.24) is 0 Å². The Morgan fingerprint density at radius 3 is 1.24 bits per heavy atom. The van der Waals surface area contributed by atoms with Crippen LogP contribution >= 0.6 is 0 Å². The highest BCUT2D eigenvalue weighted by Crippen LogP contribution is 2.64. The summed E-state index contributed by atoms with van der Waals surface area (Å²) in [7, 11) is 0. The molecule has 0 aliphatic heterocycles. The Labute approximate surface area is 171 Å². The van der Waals surface area contributed by atoms with Gasteiger partial charge in [-0.25, -0.2) is 4.79 Å². The zero-order valence-electron chi connectivity index (χ0n) is 15.5. The average Bonchev–Trinajstić information content (AvgIpc) is 2.58. The number of esters is 1. The van der Waals surface area contributed by atoms with Crippen LogP contribution in [-0.2, 0) is 9.53 Å². The Bertz CT molecular complexity index is 761. The summed E-state index contributed by atoms with van der Waals surface area (Å²) in [6.07, 6.45) is -15.3. The third kappa shape index (κ3) is 4.42. The number of halogens is 17. The predicted molar refractivity (Wildman–Crippen MR) is 70.8 cm³/mol. The number of alkyl halides is 17. The lowest BCUT2D eigenvalue weighted by Gasteiger charge is -2.43. The topological polar surface area (TPSA) is 26.3 Å². The van der Waals surface area contributed by atoms with Crippen LogP contribution in [0.3, 0.4) is 0 Å². The van der Waals surface area contributed by atoms with Gasteiger partial charge in [0, 0.05) is 5.57 Å². The van der Waals surface area contributed by atoms with E-state index >= 15 is 0 Å². The largest absolute Gasteiger partial charge is 0.467 e. The Morgan fingerprint density at radius 1 is 0.606 bits per heavy atom. The van der Waals surface area contributed by atoms with Crippen molar-refractivity contribution in [3.05, 3.63) is 11.6 Å². The van der Waals surface area contributed by atoms with E-state index in [1.165, 1.54) is 0 Å². The highest BCUT2D eigenvalue weighted by atomic mass is 19.4. The quantitative estimate of drug-likeness (QED) is 0.194. The summed E-state index contributed by atoms with van der Waals surface area (Å²) in [5, 5.41) is 0. The zero-order valence-corrected chi connectivity index (χ0v) is 15.5. The first-order valence-corrected chi connectivity index (χ1v) is 7.73. The molecule has 19 heteroatoms. The summed E-state index contributed by atoms with van der Waals surface area (Å²) < 4.78 is 224. The molecule has 0 fully saturated rings. The maximum atomic E-state index is 14.1. The van der Waals surface area contributed by atoms with Crippen LogP contribution in [0.5, 0.6) is 0 Å². The number of ether oxygens (including phenoxy) is 1. The second kappa shape index (κ2) is 8.35. The van der Waals surface area contributed by atoms with Gasteiger partial charge >= 0.3 is 53.8 Å². The van der Waals surface area contributed by atoms with Gasteiger partial charge in [-0.15, -0.1) is 0 Å². The van der Waals surface area contributed by atoms with Gasteiger partial charge < -0.3 is 4.74 Å². The van der Waals surface area contributed by atoms with Crippen LogP contribution in [0.1, 0.15) is 20.3 Å². The molecule has 0 heterocycles. The maximum absolute atomic E-state index is 14.1. The molecule has 0 aliphatic carbocycles. The van der Waals surface area contributed by atoms with Gasteiger partial charge in [-0.2, -0.15) is 74.6 Å². The minimum absolute atomic E-state index is 0.324. The van der Waals surface area contributed by atoms with Crippen molar-refractivity contribution in [3.63, 3.8) is 0 Å². The molecule has 196 valence electrons. The van der Waals surface area contributed by atoms with Crippen LogP contribution in [0.25, 0.3) is 0 Å². The van der Waals surface area contributed by atoms with E-state index in [0.717, 1.165) is 6.92 Å². The van der Waals surface area contributed by atoms with E-state index in [-0.39, 0.29) is 6.42 Å². The Hall–Kier alpha value is -1.98. The molecule has 0 N–H and O–H groups in total. The lowest BCUT2D eigenvalue weighted by atomic mass is 9.90. The second-order valence-electron chi connectivity index (χ2n) is 6.15. The third-order valence-corrected chi connectivity index (χ3v) is 3.77.